The van der Waals surface area contributed by atoms with Gasteiger partial charge in [-0.2, -0.15) is 4.98 Å². The Labute approximate surface area is 104 Å². The molecule has 3 aromatic rings. The van der Waals surface area contributed by atoms with E-state index in [0.29, 0.717) is 30.4 Å². The molecule has 0 aliphatic rings. The number of hydrogen-bond donors (Lipinski definition) is 1. The number of aromatic nitrogens is 2. The van der Waals surface area contributed by atoms with Crippen LogP contribution >= 0.6 is 0 Å². The van der Waals surface area contributed by atoms with Crippen molar-refractivity contribution in [2.45, 2.75) is 13.3 Å². The van der Waals surface area contributed by atoms with E-state index in [1.807, 2.05) is 25.1 Å². The second-order valence-corrected chi connectivity index (χ2v) is 4.21. The SMILES string of the molecule is Cc1ccc2oc(-c3nc(CCN)no3)cc2c1. The van der Waals surface area contributed by atoms with Crippen LogP contribution in [-0.2, 0) is 6.42 Å². The van der Waals surface area contributed by atoms with Gasteiger partial charge >= 0.3 is 0 Å². The molecule has 5 nitrogen and oxygen atoms in total. The zero-order valence-corrected chi connectivity index (χ0v) is 10.0. The minimum absolute atomic E-state index is 0.396. The van der Waals surface area contributed by atoms with Crippen molar-refractivity contribution >= 4 is 11.0 Å². The third kappa shape index (κ3) is 1.89. The lowest BCUT2D eigenvalue weighted by molar-refractivity contribution is 0.412. The van der Waals surface area contributed by atoms with Gasteiger partial charge in [0.25, 0.3) is 5.89 Å². The molecule has 5 heteroatoms. The Balaban J connectivity index is 2.02. The lowest BCUT2D eigenvalue weighted by Crippen LogP contribution is -2.03. The number of nitrogens with two attached hydrogens (primary N) is 1. The van der Waals surface area contributed by atoms with Gasteiger partial charge in [-0.15, -0.1) is 0 Å². The topological polar surface area (TPSA) is 78.1 Å². The number of furan rings is 1. The summed E-state index contributed by atoms with van der Waals surface area (Å²) in [7, 11) is 0. The van der Waals surface area contributed by atoms with Gasteiger partial charge < -0.3 is 14.7 Å². The van der Waals surface area contributed by atoms with Gasteiger partial charge in [-0.25, -0.2) is 0 Å². The molecule has 0 atom stereocenters. The minimum Gasteiger partial charge on any atom is -0.451 e. The van der Waals surface area contributed by atoms with Crippen molar-refractivity contribution in [1.82, 2.24) is 10.1 Å². The summed E-state index contributed by atoms with van der Waals surface area (Å²) in [5, 5.41) is 4.88. The van der Waals surface area contributed by atoms with Crippen molar-refractivity contribution in [3.05, 3.63) is 35.7 Å². The molecule has 3 rings (SSSR count). The smallest absolute Gasteiger partial charge is 0.293 e. The van der Waals surface area contributed by atoms with Crippen LogP contribution in [0, 0.1) is 6.92 Å². The first-order valence-corrected chi connectivity index (χ1v) is 5.79. The fourth-order valence-corrected chi connectivity index (χ4v) is 1.85. The molecular weight excluding hydrogens is 230 g/mol. The van der Waals surface area contributed by atoms with Crippen molar-refractivity contribution in [3.8, 4) is 11.7 Å². The average Bonchev–Trinajstić information content (AvgIpc) is 2.94. The van der Waals surface area contributed by atoms with Gasteiger partial charge in [-0.3, -0.25) is 0 Å². The molecule has 0 fully saturated rings. The largest absolute Gasteiger partial charge is 0.451 e. The quantitative estimate of drug-likeness (QED) is 0.763. The zero-order valence-electron chi connectivity index (χ0n) is 10.0. The molecule has 2 heterocycles. The maximum Gasteiger partial charge on any atom is 0.293 e. The second kappa shape index (κ2) is 4.27. The summed E-state index contributed by atoms with van der Waals surface area (Å²) < 4.78 is 10.8. The standard InChI is InChI=1S/C13H13N3O2/c1-8-2-3-10-9(6-8)7-11(17-10)13-15-12(4-5-14)16-18-13/h2-3,6-7H,4-5,14H2,1H3. The van der Waals surface area contributed by atoms with Crippen molar-refractivity contribution < 1.29 is 8.94 Å². The normalized spacial score (nSPS) is 11.2. The Bertz CT molecular complexity index is 684. The molecule has 0 radical (unpaired) electrons. The van der Waals surface area contributed by atoms with E-state index in [1.165, 1.54) is 5.56 Å². The van der Waals surface area contributed by atoms with E-state index < -0.39 is 0 Å². The maximum atomic E-state index is 5.67. The summed E-state index contributed by atoms with van der Waals surface area (Å²) in [6.45, 7) is 2.54. The number of rotatable bonds is 3. The number of aryl methyl sites for hydroxylation is 1. The summed E-state index contributed by atoms with van der Waals surface area (Å²) in [6.07, 6.45) is 0.600. The van der Waals surface area contributed by atoms with Crippen LogP contribution in [0.25, 0.3) is 22.6 Å². The van der Waals surface area contributed by atoms with E-state index in [0.717, 1.165) is 11.0 Å². The van der Waals surface area contributed by atoms with E-state index >= 15 is 0 Å². The lowest BCUT2D eigenvalue weighted by atomic mass is 10.2. The fraction of sp³-hybridized carbons (Fsp3) is 0.231. The molecule has 0 saturated carbocycles. The molecular formula is C13H13N3O2. The summed E-state index contributed by atoms with van der Waals surface area (Å²) in [5.41, 5.74) is 7.44. The molecule has 0 bridgehead atoms. The van der Waals surface area contributed by atoms with Crippen LogP contribution in [0.3, 0.4) is 0 Å². The third-order valence-corrected chi connectivity index (χ3v) is 2.72. The lowest BCUT2D eigenvalue weighted by Gasteiger charge is -1.89. The summed E-state index contributed by atoms with van der Waals surface area (Å²) in [4.78, 5) is 4.24. The molecule has 18 heavy (non-hydrogen) atoms. The molecule has 0 spiro atoms. The third-order valence-electron chi connectivity index (χ3n) is 2.72. The monoisotopic (exact) mass is 243 g/mol. The second-order valence-electron chi connectivity index (χ2n) is 4.21. The Morgan fingerprint density at radius 3 is 3.00 bits per heavy atom. The highest BCUT2D eigenvalue weighted by Gasteiger charge is 2.13. The highest BCUT2D eigenvalue weighted by molar-refractivity contribution is 5.82. The molecule has 0 unspecified atom stereocenters. The van der Waals surface area contributed by atoms with Crippen LogP contribution in [0.5, 0.6) is 0 Å². The van der Waals surface area contributed by atoms with Crippen LogP contribution in [0.2, 0.25) is 0 Å². The molecule has 0 aliphatic heterocycles. The van der Waals surface area contributed by atoms with Crippen molar-refractivity contribution in [3.63, 3.8) is 0 Å². The summed E-state index contributed by atoms with van der Waals surface area (Å²) >= 11 is 0. The van der Waals surface area contributed by atoms with Crippen molar-refractivity contribution in [2.24, 2.45) is 5.73 Å². The molecule has 0 amide bonds. The van der Waals surface area contributed by atoms with E-state index in [2.05, 4.69) is 16.2 Å². The number of benzene rings is 1. The van der Waals surface area contributed by atoms with Crippen molar-refractivity contribution in [2.75, 3.05) is 6.54 Å². The van der Waals surface area contributed by atoms with E-state index in [4.69, 9.17) is 14.7 Å². The molecule has 2 aromatic heterocycles. The molecule has 0 saturated heterocycles. The Kier molecular flexibility index (Phi) is 2.60. The predicted octanol–water partition coefficient (Wildman–Crippen LogP) is 2.29. The van der Waals surface area contributed by atoms with Gasteiger partial charge in [-0.05, 0) is 31.7 Å². The number of hydrogen-bond acceptors (Lipinski definition) is 5. The maximum absolute atomic E-state index is 5.67. The zero-order chi connectivity index (χ0) is 12.5. The van der Waals surface area contributed by atoms with Gasteiger partial charge in [0, 0.05) is 11.8 Å². The van der Waals surface area contributed by atoms with E-state index in [-0.39, 0.29) is 0 Å². The highest BCUT2D eigenvalue weighted by atomic mass is 16.5. The predicted molar refractivity (Wildman–Crippen MR) is 67.0 cm³/mol. The Hall–Kier alpha value is -2.14. The molecule has 2 N–H and O–H groups in total. The van der Waals surface area contributed by atoms with Crippen LogP contribution in [0.4, 0.5) is 0 Å². The van der Waals surface area contributed by atoms with E-state index in [1.54, 1.807) is 0 Å². The first kappa shape index (κ1) is 11.0. The van der Waals surface area contributed by atoms with Crippen molar-refractivity contribution in [1.29, 1.82) is 0 Å². The first-order valence-electron chi connectivity index (χ1n) is 5.79. The van der Waals surface area contributed by atoms with Gasteiger partial charge in [0.2, 0.25) is 0 Å². The van der Waals surface area contributed by atoms with Crippen LogP contribution in [-0.4, -0.2) is 16.7 Å². The number of nitrogens with zero attached hydrogens (tertiary/aromatic N) is 2. The van der Waals surface area contributed by atoms with Gasteiger partial charge in [0.15, 0.2) is 11.6 Å². The van der Waals surface area contributed by atoms with Crippen LogP contribution in [0.15, 0.2) is 33.2 Å². The van der Waals surface area contributed by atoms with Crippen LogP contribution in [0.1, 0.15) is 11.4 Å². The Morgan fingerprint density at radius 1 is 1.28 bits per heavy atom. The Morgan fingerprint density at radius 2 is 2.17 bits per heavy atom. The molecule has 1 aromatic carbocycles. The van der Waals surface area contributed by atoms with Gasteiger partial charge in [-0.1, -0.05) is 16.8 Å². The van der Waals surface area contributed by atoms with Gasteiger partial charge in [0.1, 0.15) is 5.58 Å². The average molecular weight is 243 g/mol. The fourth-order valence-electron chi connectivity index (χ4n) is 1.85. The summed E-state index contributed by atoms with van der Waals surface area (Å²) in [6, 6.07) is 7.90. The number of fused-ring (bicyclic) bond motifs is 1. The van der Waals surface area contributed by atoms with Gasteiger partial charge in [0.05, 0.1) is 0 Å². The van der Waals surface area contributed by atoms with Crippen LogP contribution < -0.4 is 5.73 Å². The molecule has 92 valence electrons. The van der Waals surface area contributed by atoms with E-state index in [9.17, 15) is 0 Å². The highest BCUT2D eigenvalue weighted by Crippen LogP contribution is 2.27. The summed E-state index contributed by atoms with van der Waals surface area (Å²) in [5.74, 6) is 1.59. The minimum atomic E-state index is 0.396. The first-order chi connectivity index (χ1) is 8.76. The molecule has 0 aliphatic carbocycles.